The van der Waals surface area contributed by atoms with Gasteiger partial charge < -0.3 is 0 Å². The second-order valence-corrected chi connectivity index (χ2v) is 7.29. The smallest absolute Gasteiger partial charge is 0.264 e. The summed E-state index contributed by atoms with van der Waals surface area (Å²) in [5.41, 5.74) is 0.730. The van der Waals surface area contributed by atoms with Gasteiger partial charge in [0.05, 0.1) is 4.90 Å². The zero-order chi connectivity index (χ0) is 17.9. The summed E-state index contributed by atoms with van der Waals surface area (Å²) in [6.07, 6.45) is 5.74. The number of amides is 1. The molecule has 3 aromatic rings. The molecular formula is C18H13ClN2O3S. The van der Waals surface area contributed by atoms with Crippen LogP contribution in [0.4, 0.5) is 0 Å². The van der Waals surface area contributed by atoms with E-state index in [4.69, 9.17) is 11.6 Å². The van der Waals surface area contributed by atoms with Crippen molar-refractivity contribution in [1.82, 2.24) is 9.71 Å². The van der Waals surface area contributed by atoms with E-state index in [1.54, 1.807) is 48.7 Å². The topological polar surface area (TPSA) is 76.1 Å². The predicted octanol–water partition coefficient (Wildman–Crippen LogP) is 3.41. The van der Waals surface area contributed by atoms with Crippen LogP contribution in [-0.4, -0.2) is 19.3 Å². The molecule has 0 radical (unpaired) electrons. The number of nitrogens with zero attached hydrogens (tertiary/aromatic N) is 1. The van der Waals surface area contributed by atoms with Gasteiger partial charge in [-0.05, 0) is 35.9 Å². The number of pyridine rings is 1. The van der Waals surface area contributed by atoms with Gasteiger partial charge in [0.25, 0.3) is 15.9 Å². The van der Waals surface area contributed by atoms with Gasteiger partial charge >= 0.3 is 0 Å². The minimum Gasteiger partial charge on any atom is -0.269 e. The molecule has 0 aliphatic heterocycles. The average Bonchev–Trinajstić information content (AvgIpc) is 2.60. The predicted molar refractivity (Wildman–Crippen MR) is 97.6 cm³/mol. The van der Waals surface area contributed by atoms with Crippen molar-refractivity contribution >= 4 is 44.4 Å². The van der Waals surface area contributed by atoms with Gasteiger partial charge in [0.1, 0.15) is 0 Å². The van der Waals surface area contributed by atoms with Crippen molar-refractivity contribution in [1.29, 1.82) is 0 Å². The summed E-state index contributed by atoms with van der Waals surface area (Å²) in [5.74, 6) is -0.735. The summed E-state index contributed by atoms with van der Waals surface area (Å²) in [7, 11) is -4.00. The molecule has 0 atom stereocenters. The maximum atomic E-state index is 12.5. The molecule has 7 heteroatoms. The van der Waals surface area contributed by atoms with Crippen LogP contribution in [-0.2, 0) is 14.8 Å². The van der Waals surface area contributed by atoms with Gasteiger partial charge in [-0.25, -0.2) is 13.1 Å². The molecular weight excluding hydrogens is 360 g/mol. The van der Waals surface area contributed by atoms with Crippen LogP contribution in [0.15, 0.2) is 71.9 Å². The number of hydrogen-bond acceptors (Lipinski definition) is 4. The molecule has 1 amide bonds. The Morgan fingerprint density at radius 2 is 1.84 bits per heavy atom. The second-order valence-electron chi connectivity index (χ2n) is 5.21. The highest BCUT2D eigenvalue weighted by atomic mass is 35.5. The second kappa shape index (κ2) is 7.04. The molecule has 0 saturated carbocycles. The number of halogens is 1. The van der Waals surface area contributed by atoms with Crippen LogP contribution < -0.4 is 4.72 Å². The van der Waals surface area contributed by atoms with Crippen LogP contribution in [0.25, 0.3) is 16.8 Å². The molecule has 3 rings (SSSR count). The Labute approximate surface area is 150 Å². The number of carbonyl (C=O) groups excluding carboxylic acids is 1. The third-order valence-electron chi connectivity index (χ3n) is 3.46. The SMILES string of the molecule is O=C(/C=C/c1ccc(Cl)cc1)NS(=O)(=O)c1cccc2cnccc12. The number of aromatic nitrogens is 1. The average molecular weight is 373 g/mol. The molecule has 126 valence electrons. The fourth-order valence-corrected chi connectivity index (χ4v) is 3.60. The molecule has 2 aromatic carbocycles. The molecule has 0 aliphatic carbocycles. The molecule has 1 heterocycles. The summed E-state index contributed by atoms with van der Waals surface area (Å²) in [6.45, 7) is 0. The minimum absolute atomic E-state index is 0.0284. The molecule has 0 bridgehead atoms. The first-order chi connectivity index (χ1) is 12.0. The standard InChI is InChI=1S/C18H13ClN2O3S/c19-15-7-4-13(5-8-15)6-9-18(22)21-25(23,24)17-3-1-2-14-12-20-11-10-16(14)17/h1-12H,(H,21,22)/b9-6+. The molecule has 1 N–H and O–H groups in total. The molecule has 1 aromatic heterocycles. The molecule has 25 heavy (non-hydrogen) atoms. The fraction of sp³-hybridized carbons (Fsp3) is 0. The molecule has 5 nitrogen and oxygen atoms in total. The van der Waals surface area contributed by atoms with E-state index in [1.165, 1.54) is 18.3 Å². The first kappa shape index (κ1) is 17.1. The quantitative estimate of drug-likeness (QED) is 0.712. The van der Waals surface area contributed by atoms with Crippen molar-refractivity contribution in [3.63, 3.8) is 0 Å². The van der Waals surface area contributed by atoms with Gasteiger partial charge in [-0.2, -0.15) is 0 Å². The van der Waals surface area contributed by atoms with Crippen molar-refractivity contribution in [3.05, 3.63) is 77.6 Å². The zero-order valence-corrected chi connectivity index (χ0v) is 14.5. The number of nitrogens with one attached hydrogen (secondary N) is 1. The van der Waals surface area contributed by atoms with Gasteiger partial charge in [0.2, 0.25) is 0 Å². The van der Waals surface area contributed by atoms with Crippen LogP contribution in [0.5, 0.6) is 0 Å². The summed E-state index contributed by atoms with van der Waals surface area (Å²) in [4.78, 5) is 16.0. The lowest BCUT2D eigenvalue weighted by Crippen LogP contribution is -2.29. The fourth-order valence-electron chi connectivity index (χ4n) is 2.29. The van der Waals surface area contributed by atoms with Crippen LogP contribution >= 0.6 is 11.6 Å². The third kappa shape index (κ3) is 4.04. The normalized spacial score (nSPS) is 11.7. The largest absolute Gasteiger partial charge is 0.269 e. The van der Waals surface area contributed by atoms with Crippen molar-refractivity contribution in [2.24, 2.45) is 0 Å². The molecule has 0 aliphatic rings. The van der Waals surface area contributed by atoms with Gasteiger partial charge in [-0.15, -0.1) is 0 Å². The van der Waals surface area contributed by atoms with Crippen molar-refractivity contribution in [2.75, 3.05) is 0 Å². The van der Waals surface area contributed by atoms with Crippen molar-refractivity contribution in [3.8, 4) is 0 Å². The van der Waals surface area contributed by atoms with E-state index in [9.17, 15) is 13.2 Å². The van der Waals surface area contributed by atoms with Crippen LogP contribution in [0.2, 0.25) is 5.02 Å². The monoisotopic (exact) mass is 372 g/mol. The minimum atomic E-state index is -4.00. The Balaban J connectivity index is 1.83. The summed E-state index contributed by atoms with van der Waals surface area (Å²) in [6, 6.07) is 13.2. The Bertz CT molecular complexity index is 1060. The lowest BCUT2D eigenvalue weighted by Gasteiger charge is -2.08. The van der Waals surface area contributed by atoms with E-state index in [-0.39, 0.29) is 4.90 Å². The number of sulfonamides is 1. The molecule has 0 fully saturated rings. The molecule has 0 saturated heterocycles. The number of rotatable bonds is 4. The van der Waals surface area contributed by atoms with E-state index in [2.05, 4.69) is 4.98 Å². The summed E-state index contributed by atoms with van der Waals surface area (Å²) in [5, 5.41) is 1.75. The van der Waals surface area contributed by atoms with Gasteiger partial charge in [-0.3, -0.25) is 9.78 Å². The number of hydrogen-bond donors (Lipinski definition) is 1. The van der Waals surface area contributed by atoms with Crippen LogP contribution in [0.1, 0.15) is 5.56 Å². The van der Waals surface area contributed by atoms with Crippen molar-refractivity contribution in [2.45, 2.75) is 4.90 Å². The number of fused-ring (bicyclic) bond motifs is 1. The zero-order valence-electron chi connectivity index (χ0n) is 12.9. The highest BCUT2D eigenvalue weighted by Crippen LogP contribution is 2.21. The Morgan fingerprint density at radius 1 is 1.08 bits per heavy atom. The van der Waals surface area contributed by atoms with E-state index in [1.807, 2.05) is 4.72 Å². The van der Waals surface area contributed by atoms with E-state index >= 15 is 0 Å². The highest BCUT2D eigenvalue weighted by Gasteiger charge is 2.18. The Morgan fingerprint density at radius 3 is 2.60 bits per heavy atom. The van der Waals surface area contributed by atoms with Crippen molar-refractivity contribution < 1.29 is 13.2 Å². The highest BCUT2D eigenvalue weighted by molar-refractivity contribution is 7.90. The summed E-state index contributed by atoms with van der Waals surface area (Å²) < 4.78 is 27.1. The lowest BCUT2D eigenvalue weighted by molar-refractivity contribution is -0.114. The maximum absolute atomic E-state index is 12.5. The van der Waals surface area contributed by atoms with E-state index in [0.717, 1.165) is 11.6 Å². The first-order valence-electron chi connectivity index (χ1n) is 7.29. The third-order valence-corrected chi connectivity index (χ3v) is 5.12. The maximum Gasteiger partial charge on any atom is 0.264 e. The lowest BCUT2D eigenvalue weighted by atomic mass is 10.2. The Hall–Kier alpha value is -2.70. The first-order valence-corrected chi connectivity index (χ1v) is 9.15. The number of carbonyl (C=O) groups is 1. The number of benzene rings is 2. The summed E-state index contributed by atoms with van der Waals surface area (Å²) >= 11 is 5.79. The van der Waals surface area contributed by atoms with E-state index < -0.39 is 15.9 Å². The van der Waals surface area contributed by atoms with Gasteiger partial charge in [0, 0.05) is 34.3 Å². The van der Waals surface area contributed by atoms with Crippen LogP contribution in [0.3, 0.4) is 0 Å². The van der Waals surface area contributed by atoms with Gasteiger partial charge in [-0.1, -0.05) is 35.9 Å². The van der Waals surface area contributed by atoms with Gasteiger partial charge in [0.15, 0.2) is 0 Å². The van der Waals surface area contributed by atoms with Crippen LogP contribution in [0, 0.1) is 0 Å². The van der Waals surface area contributed by atoms with E-state index in [0.29, 0.717) is 15.8 Å². The Kier molecular flexibility index (Phi) is 4.83. The molecule has 0 spiro atoms. The molecule has 0 unspecified atom stereocenters.